The van der Waals surface area contributed by atoms with Crippen molar-refractivity contribution < 1.29 is 19.1 Å². The SMILES string of the molecule is C[C@H](NC(=O)Nc1ccccc1)C(=O)OCC(=O)Nc1ccc(-c2ccccc2)cc1. The summed E-state index contributed by atoms with van der Waals surface area (Å²) < 4.78 is 4.99. The molecular weight excluding hydrogens is 394 g/mol. The zero-order valence-electron chi connectivity index (χ0n) is 17.0. The van der Waals surface area contributed by atoms with Gasteiger partial charge in [-0.1, -0.05) is 60.7 Å². The van der Waals surface area contributed by atoms with Crippen LogP contribution in [0.25, 0.3) is 11.1 Å². The molecule has 0 aliphatic rings. The average Bonchev–Trinajstić information content (AvgIpc) is 2.79. The second-order valence-electron chi connectivity index (χ2n) is 6.79. The first-order valence-electron chi connectivity index (χ1n) is 9.76. The fraction of sp³-hybridized carbons (Fsp3) is 0.125. The van der Waals surface area contributed by atoms with Crippen LogP contribution in [0.1, 0.15) is 6.92 Å². The van der Waals surface area contributed by atoms with Gasteiger partial charge in [-0.15, -0.1) is 0 Å². The Balaban J connectivity index is 1.42. The van der Waals surface area contributed by atoms with E-state index in [9.17, 15) is 14.4 Å². The first kappa shape index (κ1) is 21.6. The third-order valence-electron chi connectivity index (χ3n) is 4.35. The van der Waals surface area contributed by atoms with E-state index in [4.69, 9.17) is 4.74 Å². The maximum atomic E-state index is 12.1. The Morgan fingerprint density at radius 1 is 0.742 bits per heavy atom. The smallest absolute Gasteiger partial charge is 0.328 e. The Hall–Kier alpha value is -4.13. The highest BCUT2D eigenvalue weighted by Gasteiger charge is 2.18. The Labute approximate surface area is 180 Å². The Bertz CT molecular complexity index is 1020. The minimum Gasteiger partial charge on any atom is -0.454 e. The molecule has 3 rings (SSSR count). The van der Waals surface area contributed by atoms with Gasteiger partial charge in [-0.25, -0.2) is 9.59 Å². The molecule has 0 saturated heterocycles. The molecule has 158 valence electrons. The Morgan fingerprint density at radius 2 is 1.29 bits per heavy atom. The van der Waals surface area contributed by atoms with Gasteiger partial charge in [-0.3, -0.25) is 4.79 Å². The zero-order valence-corrected chi connectivity index (χ0v) is 17.0. The fourth-order valence-corrected chi connectivity index (χ4v) is 2.78. The van der Waals surface area contributed by atoms with Crippen molar-refractivity contribution in [2.24, 2.45) is 0 Å². The van der Waals surface area contributed by atoms with Crippen LogP contribution in [0.5, 0.6) is 0 Å². The monoisotopic (exact) mass is 417 g/mol. The van der Waals surface area contributed by atoms with Crippen molar-refractivity contribution in [3.05, 3.63) is 84.9 Å². The minimum absolute atomic E-state index is 0.453. The van der Waals surface area contributed by atoms with Crippen LogP contribution in [0.3, 0.4) is 0 Å². The quantitative estimate of drug-likeness (QED) is 0.506. The molecule has 0 aromatic heterocycles. The fourth-order valence-electron chi connectivity index (χ4n) is 2.78. The van der Waals surface area contributed by atoms with E-state index in [1.54, 1.807) is 36.4 Å². The van der Waals surface area contributed by atoms with Gasteiger partial charge in [-0.05, 0) is 42.3 Å². The largest absolute Gasteiger partial charge is 0.454 e. The number of hydrogen-bond donors (Lipinski definition) is 3. The van der Waals surface area contributed by atoms with Crippen LogP contribution in [-0.2, 0) is 14.3 Å². The molecule has 0 spiro atoms. The maximum absolute atomic E-state index is 12.1. The van der Waals surface area contributed by atoms with Crippen LogP contribution >= 0.6 is 0 Å². The van der Waals surface area contributed by atoms with Crippen LogP contribution in [0.4, 0.5) is 16.2 Å². The van der Waals surface area contributed by atoms with E-state index in [1.807, 2.05) is 48.5 Å². The van der Waals surface area contributed by atoms with Crippen molar-refractivity contribution in [3.8, 4) is 11.1 Å². The predicted octanol–water partition coefficient (Wildman–Crippen LogP) is 4.05. The summed E-state index contributed by atoms with van der Waals surface area (Å²) in [5, 5.41) is 7.74. The van der Waals surface area contributed by atoms with Crippen molar-refractivity contribution in [3.63, 3.8) is 0 Å². The van der Waals surface area contributed by atoms with Crippen molar-refractivity contribution >= 4 is 29.3 Å². The number of carbonyl (C=O) groups excluding carboxylic acids is 3. The van der Waals surface area contributed by atoms with Crippen molar-refractivity contribution in [1.82, 2.24) is 5.32 Å². The Morgan fingerprint density at radius 3 is 1.94 bits per heavy atom. The molecule has 7 heteroatoms. The lowest BCUT2D eigenvalue weighted by Crippen LogP contribution is -2.42. The van der Waals surface area contributed by atoms with Gasteiger partial charge >= 0.3 is 12.0 Å². The van der Waals surface area contributed by atoms with Gasteiger partial charge in [-0.2, -0.15) is 0 Å². The number of anilines is 2. The van der Waals surface area contributed by atoms with Gasteiger partial charge in [0, 0.05) is 11.4 Å². The number of carbonyl (C=O) groups is 3. The number of ether oxygens (including phenoxy) is 1. The predicted molar refractivity (Wildman–Crippen MR) is 120 cm³/mol. The Kier molecular flexibility index (Phi) is 7.37. The summed E-state index contributed by atoms with van der Waals surface area (Å²) in [5.41, 5.74) is 3.29. The van der Waals surface area contributed by atoms with Crippen molar-refractivity contribution in [2.75, 3.05) is 17.2 Å². The van der Waals surface area contributed by atoms with Gasteiger partial charge in [0.15, 0.2) is 6.61 Å². The molecule has 3 aromatic rings. The summed E-state index contributed by atoms with van der Waals surface area (Å²) in [7, 11) is 0. The van der Waals surface area contributed by atoms with E-state index in [2.05, 4.69) is 16.0 Å². The lowest BCUT2D eigenvalue weighted by Gasteiger charge is -2.14. The van der Waals surface area contributed by atoms with E-state index in [-0.39, 0.29) is 0 Å². The molecule has 0 bridgehead atoms. The average molecular weight is 417 g/mol. The van der Waals surface area contributed by atoms with Crippen molar-refractivity contribution in [2.45, 2.75) is 13.0 Å². The molecular formula is C24H23N3O4. The molecule has 3 aromatic carbocycles. The topological polar surface area (TPSA) is 96.5 Å². The van der Waals surface area contributed by atoms with E-state index in [0.717, 1.165) is 11.1 Å². The molecule has 0 radical (unpaired) electrons. The summed E-state index contributed by atoms with van der Waals surface area (Å²) in [6.45, 7) is 1.03. The number of amides is 3. The molecule has 31 heavy (non-hydrogen) atoms. The van der Waals surface area contributed by atoms with Crippen LogP contribution in [0, 0.1) is 0 Å². The first-order chi connectivity index (χ1) is 15.0. The lowest BCUT2D eigenvalue weighted by atomic mass is 10.1. The van der Waals surface area contributed by atoms with Crippen LogP contribution in [0.2, 0.25) is 0 Å². The van der Waals surface area contributed by atoms with E-state index in [0.29, 0.717) is 11.4 Å². The number of urea groups is 1. The molecule has 0 fully saturated rings. The molecule has 3 N–H and O–H groups in total. The molecule has 0 aliphatic carbocycles. The summed E-state index contributed by atoms with van der Waals surface area (Å²) in [5.74, 6) is -1.18. The standard InChI is InChI=1S/C24H23N3O4/c1-17(25-24(30)27-20-10-6-3-7-11-20)23(29)31-16-22(28)26-21-14-12-19(13-15-21)18-8-4-2-5-9-18/h2-15,17H,16H2,1H3,(H,26,28)(H2,25,27,30)/t17-/m0/s1. The molecule has 0 heterocycles. The maximum Gasteiger partial charge on any atom is 0.328 e. The van der Waals surface area contributed by atoms with Crippen LogP contribution < -0.4 is 16.0 Å². The summed E-state index contributed by atoms with van der Waals surface area (Å²) in [4.78, 5) is 36.0. The van der Waals surface area contributed by atoms with E-state index >= 15 is 0 Å². The lowest BCUT2D eigenvalue weighted by molar-refractivity contribution is -0.148. The van der Waals surface area contributed by atoms with Crippen molar-refractivity contribution in [1.29, 1.82) is 0 Å². The molecule has 1 atom stereocenters. The number of rotatable bonds is 7. The van der Waals surface area contributed by atoms with Gasteiger partial charge < -0.3 is 20.7 Å². The number of para-hydroxylation sites is 1. The van der Waals surface area contributed by atoms with Crippen LogP contribution in [0.15, 0.2) is 84.9 Å². The van der Waals surface area contributed by atoms with Gasteiger partial charge in [0.25, 0.3) is 5.91 Å². The number of esters is 1. The zero-order chi connectivity index (χ0) is 22.1. The van der Waals surface area contributed by atoms with E-state index < -0.39 is 30.6 Å². The van der Waals surface area contributed by atoms with Gasteiger partial charge in [0.1, 0.15) is 6.04 Å². The van der Waals surface area contributed by atoms with E-state index in [1.165, 1.54) is 6.92 Å². The van der Waals surface area contributed by atoms with Gasteiger partial charge in [0.2, 0.25) is 0 Å². The van der Waals surface area contributed by atoms with Gasteiger partial charge in [0.05, 0.1) is 0 Å². The summed E-state index contributed by atoms with van der Waals surface area (Å²) >= 11 is 0. The summed E-state index contributed by atoms with van der Waals surface area (Å²) in [6, 6.07) is 24.6. The minimum atomic E-state index is -0.915. The normalized spacial score (nSPS) is 11.1. The second kappa shape index (κ2) is 10.6. The highest BCUT2D eigenvalue weighted by Crippen LogP contribution is 2.20. The van der Waals surface area contributed by atoms with Crippen LogP contribution in [-0.4, -0.2) is 30.6 Å². The molecule has 0 aliphatic heterocycles. The molecule has 0 saturated carbocycles. The molecule has 0 unspecified atom stereocenters. The summed E-state index contributed by atoms with van der Waals surface area (Å²) in [6.07, 6.45) is 0. The number of nitrogens with one attached hydrogen (secondary N) is 3. The number of hydrogen-bond acceptors (Lipinski definition) is 4. The second-order valence-corrected chi connectivity index (χ2v) is 6.79. The molecule has 7 nitrogen and oxygen atoms in total. The third kappa shape index (κ3) is 6.71. The third-order valence-corrected chi connectivity index (χ3v) is 4.35. The first-order valence-corrected chi connectivity index (χ1v) is 9.76. The highest BCUT2D eigenvalue weighted by molar-refractivity contribution is 5.95. The highest BCUT2D eigenvalue weighted by atomic mass is 16.5. The molecule has 3 amide bonds. The number of benzene rings is 3.